The van der Waals surface area contributed by atoms with Gasteiger partial charge in [0.1, 0.15) is 6.29 Å². The predicted octanol–water partition coefficient (Wildman–Crippen LogP) is 4.44. The molecule has 0 saturated heterocycles. The van der Waals surface area contributed by atoms with Gasteiger partial charge in [0.05, 0.1) is 6.61 Å². The molecular weight excluding hydrogens is 248 g/mol. The molecule has 0 aliphatic carbocycles. The molecule has 2 aromatic carbocycles. The summed E-state index contributed by atoms with van der Waals surface area (Å²) in [6, 6.07) is 14.1. The quantitative estimate of drug-likeness (QED) is 0.749. The van der Waals surface area contributed by atoms with Crippen molar-refractivity contribution < 1.29 is 9.53 Å². The summed E-state index contributed by atoms with van der Waals surface area (Å²) in [7, 11) is 1.70. The molecule has 0 aliphatic rings. The van der Waals surface area contributed by atoms with Gasteiger partial charge in [0.15, 0.2) is 0 Å². The highest BCUT2D eigenvalue weighted by molar-refractivity contribution is 5.79. The monoisotopic (exact) mass is 268 g/mol. The van der Waals surface area contributed by atoms with Crippen LogP contribution in [0, 0.1) is 0 Å². The second-order valence-electron chi connectivity index (χ2n) is 5.21. The normalized spacial score (nSPS) is 10.8. The van der Waals surface area contributed by atoms with Crippen LogP contribution in [0.3, 0.4) is 0 Å². The summed E-state index contributed by atoms with van der Waals surface area (Å²) >= 11 is 0. The van der Waals surface area contributed by atoms with Crippen LogP contribution < -0.4 is 0 Å². The largest absolute Gasteiger partial charge is 0.380 e. The lowest BCUT2D eigenvalue weighted by molar-refractivity contribution is 0.112. The fourth-order valence-electron chi connectivity index (χ4n) is 2.44. The first-order valence-electron chi connectivity index (χ1n) is 6.83. The molecule has 0 unspecified atom stereocenters. The maximum Gasteiger partial charge on any atom is 0.150 e. The molecule has 0 heterocycles. The SMILES string of the molecule is COCc1ccccc1-c1ccc(C=O)cc1C(C)C. The molecule has 0 spiro atoms. The molecule has 0 fully saturated rings. The Bertz CT molecular complexity index is 600. The summed E-state index contributed by atoms with van der Waals surface area (Å²) < 4.78 is 5.28. The number of benzene rings is 2. The third kappa shape index (κ3) is 2.97. The van der Waals surface area contributed by atoms with Crippen LogP contribution in [-0.2, 0) is 11.3 Å². The van der Waals surface area contributed by atoms with Crippen LogP contribution in [0.1, 0.15) is 41.3 Å². The topological polar surface area (TPSA) is 26.3 Å². The van der Waals surface area contributed by atoms with Gasteiger partial charge < -0.3 is 4.74 Å². The molecule has 0 amide bonds. The molecule has 20 heavy (non-hydrogen) atoms. The first-order valence-corrected chi connectivity index (χ1v) is 6.83. The van der Waals surface area contributed by atoms with Crippen molar-refractivity contribution in [3.05, 3.63) is 59.2 Å². The van der Waals surface area contributed by atoms with Crippen LogP contribution in [0.5, 0.6) is 0 Å². The van der Waals surface area contributed by atoms with Gasteiger partial charge in [-0.25, -0.2) is 0 Å². The van der Waals surface area contributed by atoms with E-state index in [1.54, 1.807) is 7.11 Å². The maximum absolute atomic E-state index is 11.0. The Kier molecular flexibility index (Phi) is 4.70. The zero-order valence-corrected chi connectivity index (χ0v) is 12.2. The predicted molar refractivity (Wildman–Crippen MR) is 82.1 cm³/mol. The molecule has 0 atom stereocenters. The van der Waals surface area contributed by atoms with E-state index in [9.17, 15) is 4.79 Å². The number of carbonyl (C=O) groups is 1. The minimum absolute atomic E-state index is 0.362. The molecule has 0 saturated carbocycles. The Morgan fingerprint density at radius 3 is 2.50 bits per heavy atom. The smallest absolute Gasteiger partial charge is 0.150 e. The van der Waals surface area contributed by atoms with Crippen molar-refractivity contribution in [3.63, 3.8) is 0 Å². The van der Waals surface area contributed by atoms with Crippen LogP contribution >= 0.6 is 0 Å². The first kappa shape index (κ1) is 14.5. The number of hydrogen-bond donors (Lipinski definition) is 0. The molecule has 0 radical (unpaired) electrons. The van der Waals surface area contributed by atoms with E-state index in [0.717, 1.165) is 17.4 Å². The van der Waals surface area contributed by atoms with Crippen molar-refractivity contribution in [3.8, 4) is 11.1 Å². The van der Waals surface area contributed by atoms with Gasteiger partial charge >= 0.3 is 0 Å². The molecule has 0 bridgehead atoms. The molecule has 2 aromatic rings. The van der Waals surface area contributed by atoms with Gasteiger partial charge in [0.25, 0.3) is 0 Å². The van der Waals surface area contributed by atoms with Crippen LogP contribution in [0.4, 0.5) is 0 Å². The summed E-state index contributed by atoms with van der Waals surface area (Å²) in [5.41, 5.74) is 5.43. The van der Waals surface area contributed by atoms with Crippen LogP contribution in [0.15, 0.2) is 42.5 Å². The van der Waals surface area contributed by atoms with Crippen molar-refractivity contribution in [2.45, 2.75) is 26.4 Å². The lowest BCUT2D eigenvalue weighted by Gasteiger charge is -2.16. The van der Waals surface area contributed by atoms with E-state index in [4.69, 9.17) is 4.74 Å². The molecule has 2 heteroatoms. The van der Waals surface area contributed by atoms with Crippen molar-refractivity contribution in [1.29, 1.82) is 0 Å². The van der Waals surface area contributed by atoms with Gasteiger partial charge in [-0.3, -0.25) is 4.79 Å². The number of hydrogen-bond acceptors (Lipinski definition) is 2. The Morgan fingerprint density at radius 1 is 1.10 bits per heavy atom. The van der Waals surface area contributed by atoms with Gasteiger partial charge in [-0.15, -0.1) is 0 Å². The van der Waals surface area contributed by atoms with Crippen molar-refractivity contribution in [1.82, 2.24) is 0 Å². The Morgan fingerprint density at radius 2 is 1.85 bits per heavy atom. The van der Waals surface area contributed by atoms with E-state index in [2.05, 4.69) is 26.0 Å². The average molecular weight is 268 g/mol. The van der Waals surface area contributed by atoms with Gasteiger partial charge in [0.2, 0.25) is 0 Å². The summed E-state index contributed by atoms with van der Waals surface area (Å²) in [5.74, 6) is 0.362. The van der Waals surface area contributed by atoms with Gasteiger partial charge in [-0.1, -0.05) is 50.2 Å². The first-order chi connectivity index (χ1) is 9.67. The number of ether oxygens (including phenoxy) is 1. The molecule has 0 N–H and O–H groups in total. The summed E-state index contributed by atoms with van der Waals surface area (Å²) in [6.07, 6.45) is 0.900. The van der Waals surface area contributed by atoms with E-state index in [0.29, 0.717) is 12.5 Å². The fourth-order valence-corrected chi connectivity index (χ4v) is 2.44. The van der Waals surface area contributed by atoms with E-state index in [-0.39, 0.29) is 0 Å². The second kappa shape index (κ2) is 6.49. The zero-order valence-electron chi connectivity index (χ0n) is 12.2. The Balaban J connectivity index is 2.60. The van der Waals surface area contributed by atoms with Gasteiger partial charge in [-0.2, -0.15) is 0 Å². The highest BCUT2D eigenvalue weighted by Crippen LogP contribution is 2.32. The van der Waals surface area contributed by atoms with Crippen molar-refractivity contribution in [2.24, 2.45) is 0 Å². The highest BCUT2D eigenvalue weighted by atomic mass is 16.5. The van der Waals surface area contributed by atoms with E-state index in [1.807, 2.05) is 30.3 Å². The average Bonchev–Trinajstić information content (AvgIpc) is 2.47. The number of carbonyl (C=O) groups excluding carboxylic acids is 1. The Hall–Kier alpha value is -1.93. The standard InChI is InChI=1S/C18H20O2/c1-13(2)18-10-14(11-19)8-9-17(18)16-7-5-4-6-15(16)12-20-3/h4-11,13H,12H2,1-3H3. The molecule has 0 aliphatic heterocycles. The second-order valence-corrected chi connectivity index (χ2v) is 5.21. The molecule has 0 aromatic heterocycles. The minimum Gasteiger partial charge on any atom is -0.380 e. The number of aldehydes is 1. The highest BCUT2D eigenvalue weighted by Gasteiger charge is 2.12. The zero-order chi connectivity index (χ0) is 14.5. The van der Waals surface area contributed by atoms with E-state index in [1.165, 1.54) is 16.7 Å². The lowest BCUT2D eigenvalue weighted by Crippen LogP contribution is -1.98. The van der Waals surface area contributed by atoms with Crippen molar-refractivity contribution >= 4 is 6.29 Å². The third-order valence-corrected chi connectivity index (χ3v) is 3.44. The molecular formula is C18H20O2. The van der Waals surface area contributed by atoms with E-state index >= 15 is 0 Å². The molecule has 104 valence electrons. The summed E-state index contributed by atoms with van der Waals surface area (Å²) in [4.78, 5) is 11.0. The number of methoxy groups -OCH3 is 1. The summed E-state index contributed by atoms with van der Waals surface area (Å²) in [5, 5.41) is 0. The van der Waals surface area contributed by atoms with E-state index < -0.39 is 0 Å². The molecule has 2 rings (SSSR count). The third-order valence-electron chi connectivity index (χ3n) is 3.44. The molecule has 2 nitrogen and oxygen atoms in total. The van der Waals surface area contributed by atoms with Crippen LogP contribution in [-0.4, -0.2) is 13.4 Å². The van der Waals surface area contributed by atoms with Crippen LogP contribution in [0.25, 0.3) is 11.1 Å². The fraction of sp³-hybridized carbons (Fsp3) is 0.278. The lowest BCUT2D eigenvalue weighted by atomic mass is 9.89. The van der Waals surface area contributed by atoms with Gasteiger partial charge in [-0.05, 0) is 34.2 Å². The van der Waals surface area contributed by atoms with Gasteiger partial charge in [0, 0.05) is 12.7 Å². The minimum atomic E-state index is 0.362. The number of rotatable bonds is 5. The van der Waals surface area contributed by atoms with Crippen molar-refractivity contribution in [2.75, 3.05) is 7.11 Å². The maximum atomic E-state index is 11.0. The Labute approximate surface area is 120 Å². The summed E-state index contributed by atoms with van der Waals surface area (Å²) in [6.45, 7) is 4.88. The van der Waals surface area contributed by atoms with Crippen LogP contribution in [0.2, 0.25) is 0 Å².